The van der Waals surface area contributed by atoms with Gasteiger partial charge in [-0.05, 0) is 51.1 Å². The average Bonchev–Trinajstić information content (AvgIpc) is 3.10. The summed E-state index contributed by atoms with van der Waals surface area (Å²) >= 11 is 0. The molecule has 186 valence electrons. The number of likely N-dealkylation sites (N-methyl/N-ethyl adjacent to an activating group) is 1. The highest BCUT2D eigenvalue weighted by atomic mass is 16.5. The zero-order valence-corrected chi connectivity index (χ0v) is 20.4. The summed E-state index contributed by atoms with van der Waals surface area (Å²) in [4.78, 5) is 17.7. The summed E-state index contributed by atoms with van der Waals surface area (Å²) in [5, 5.41) is 15.0. The second-order valence-electron chi connectivity index (χ2n) is 9.12. The Labute approximate surface area is 201 Å². The number of benzene rings is 1. The number of hydrogen-bond donors (Lipinski definition) is 1. The van der Waals surface area contributed by atoms with E-state index in [2.05, 4.69) is 28.9 Å². The Bertz CT molecular complexity index is 1040. The van der Waals surface area contributed by atoms with Crippen molar-refractivity contribution >= 4 is 5.71 Å². The number of aromatic nitrogens is 2. The summed E-state index contributed by atoms with van der Waals surface area (Å²) in [6, 6.07) is 5.70. The third kappa shape index (κ3) is 6.01. The van der Waals surface area contributed by atoms with Crippen LogP contribution in [-0.2, 0) is 6.54 Å². The summed E-state index contributed by atoms with van der Waals surface area (Å²) in [6.07, 6.45) is 5.85. The molecule has 0 aliphatic carbocycles. The maximum Gasteiger partial charge on any atom is 0.351 e. The fraction of sp³-hybridized carbons (Fsp3) is 0.600. The zero-order valence-electron chi connectivity index (χ0n) is 20.4. The number of ether oxygens (including phenoxy) is 2. The third-order valence-electron chi connectivity index (χ3n) is 6.50. The quantitative estimate of drug-likeness (QED) is 0.537. The van der Waals surface area contributed by atoms with Crippen molar-refractivity contribution in [2.45, 2.75) is 45.6 Å². The monoisotopic (exact) mass is 471 g/mol. The van der Waals surface area contributed by atoms with E-state index < -0.39 is 0 Å². The molecule has 1 aromatic heterocycles. The molecule has 2 aliphatic heterocycles. The number of unbranched alkanes of at least 4 members (excludes halogenated alkanes) is 2. The predicted octanol–water partition coefficient (Wildman–Crippen LogP) is 2.60. The molecule has 0 atom stereocenters. The number of hydrogen-bond acceptors (Lipinski definition) is 7. The van der Waals surface area contributed by atoms with Gasteiger partial charge in [-0.1, -0.05) is 13.3 Å². The van der Waals surface area contributed by atoms with E-state index in [0.29, 0.717) is 26.2 Å². The summed E-state index contributed by atoms with van der Waals surface area (Å²) in [5.41, 5.74) is 1.25. The minimum absolute atomic E-state index is 0.0575. The largest absolute Gasteiger partial charge is 0.494 e. The first-order valence-corrected chi connectivity index (χ1v) is 12.4. The molecule has 0 radical (unpaired) electrons. The zero-order chi connectivity index (χ0) is 23.9. The van der Waals surface area contributed by atoms with E-state index in [0.717, 1.165) is 81.2 Å². The van der Waals surface area contributed by atoms with Crippen molar-refractivity contribution < 1.29 is 14.6 Å². The van der Waals surface area contributed by atoms with Crippen LogP contribution in [-0.4, -0.2) is 82.8 Å². The van der Waals surface area contributed by atoms with Crippen LogP contribution < -0.4 is 15.2 Å². The minimum Gasteiger partial charge on any atom is -0.494 e. The van der Waals surface area contributed by atoms with E-state index in [1.807, 2.05) is 18.2 Å². The van der Waals surface area contributed by atoms with Crippen molar-refractivity contribution in [2.75, 3.05) is 53.0 Å². The van der Waals surface area contributed by atoms with E-state index in [1.54, 1.807) is 0 Å². The van der Waals surface area contributed by atoms with Crippen molar-refractivity contribution in [3.05, 3.63) is 40.4 Å². The summed E-state index contributed by atoms with van der Waals surface area (Å²) in [6.45, 7) is 9.16. The highest BCUT2D eigenvalue weighted by Crippen LogP contribution is 2.29. The molecule has 0 saturated carbocycles. The topological polar surface area (TPSA) is 84.5 Å². The molecule has 1 aromatic carbocycles. The van der Waals surface area contributed by atoms with Crippen LogP contribution in [0.3, 0.4) is 0 Å². The highest BCUT2D eigenvalue weighted by molar-refractivity contribution is 6.04. The number of rotatable bonds is 10. The van der Waals surface area contributed by atoms with Crippen LogP contribution in [0.25, 0.3) is 0 Å². The molecule has 0 amide bonds. The van der Waals surface area contributed by atoms with Gasteiger partial charge in [0, 0.05) is 44.7 Å². The lowest BCUT2D eigenvalue weighted by Gasteiger charge is -2.32. The van der Waals surface area contributed by atoms with Crippen molar-refractivity contribution in [3.8, 4) is 17.4 Å². The fourth-order valence-corrected chi connectivity index (χ4v) is 4.33. The molecule has 4 rings (SSSR count). The molecular formula is C25H37N5O4. The summed E-state index contributed by atoms with van der Waals surface area (Å²) in [5.74, 6) is 1.44. The van der Waals surface area contributed by atoms with E-state index in [1.165, 1.54) is 15.4 Å². The van der Waals surface area contributed by atoms with Gasteiger partial charge in [0.1, 0.15) is 11.5 Å². The van der Waals surface area contributed by atoms with Crippen LogP contribution in [0.2, 0.25) is 0 Å². The third-order valence-corrected chi connectivity index (χ3v) is 6.50. The van der Waals surface area contributed by atoms with Gasteiger partial charge in [-0.2, -0.15) is 9.78 Å². The van der Waals surface area contributed by atoms with Crippen molar-refractivity contribution in [2.24, 2.45) is 5.10 Å². The van der Waals surface area contributed by atoms with Gasteiger partial charge in [0.25, 0.3) is 0 Å². The van der Waals surface area contributed by atoms with Crippen LogP contribution >= 0.6 is 0 Å². The molecule has 0 spiro atoms. The molecule has 0 unspecified atom stereocenters. The molecule has 3 heterocycles. The van der Waals surface area contributed by atoms with Crippen LogP contribution in [0.4, 0.5) is 0 Å². The van der Waals surface area contributed by atoms with Gasteiger partial charge < -0.3 is 24.4 Å². The number of imidazole rings is 1. The second-order valence-corrected chi connectivity index (χ2v) is 9.12. The Balaban J connectivity index is 1.41. The molecule has 9 nitrogen and oxygen atoms in total. The maximum atomic E-state index is 12.9. The van der Waals surface area contributed by atoms with Gasteiger partial charge in [0.2, 0.25) is 5.88 Å². The van der Waals surface area contributed by atoms with E-state index in [9.17, 15) is 9.90 Å². The lowest BCUT2D eigenvalue weighted by molar-refractivity contribution is 0.151. The molecule has 1 N–H and O–H groups in total. The van der Waals surface area contributed by atoms with Crippen molar-refractivity contribution in [3.63, 3.8) is 0 Å². The van der Waals surface area contributed by atoms with E-state index in [4.69, 9.17) is 9.47 Å². The van der Waals surface area contributed by atoms with Gasteiger partial charge in [0.05, 0.1) is 25.1 Å². The first-order valence-electron chi connectivity index (χ1n) is 12.4. The van der Waals surface area contributed by atoms with Crippen LogP contribution in [0, 0.1) is 0 Å². The molecule has 1 saturated heterocycles. The number of piperazine rings is 1. The van der Waals surface area contributed by atoms with Crippen LogP contribution in [0.1, 0.15) is 44.6 Å². The number of aromatic hydroxyl groups is 1. The molecule has 0 bridgehead atoms. The maximum absolute atomic E-state index is 12.9. The smallest absolute Gasteiger partial charge is 0.351 e. The molecule has 9 heteroatoms. The normalized spacial score (nSPS) is 18.1. The predicted molar refractivity (Wildman–Crippen MR) is 132 cm³/mol. The Hall–Kier alpha value is -2.78. The number of fused-ring (bicyclic) bond motifs is 1. The molecule has 1 fully saturated rings. The minimum atomic E-state index is -0.326. The summed E-state index contributed by atoms with van der Waals surface area (Å²) in [7, 11) is 2.15. The van der Waals surface area contributed by atoms with Crippen molar-refractivity contribution in [1.29, 1.82) is 0 Å². The molecule has 34 heavy (non-hydrogen) atoms. The Morgan fingerprint density at radius 2 is 1.91 bits per heavy atom. The molecule has 2 aliphatic rings. The van der Waals surface area contributed by atoms with Crippen LogP contribution in [0.15, 0.2) is 34.3 Å². The second kappa shape index (κ2) is 11.6. The Morgan fingerprint density at radius 1 is 1.12 bits per heavy atom. The van der Waals surface area contributed by atoms with Gasteiger partial charge in [-0.15, -0.1) is 0 Å². The number of nitrogens with zero attached hydrogens (tertiary/aromatic N) is 5. The Kier molecular flexibility index (Phi) is 8.29. The van der Waals surface area contributed by atoms with E-state index in [-0.39, 0.29) is 11.6 Å². The fourth-order valence-electron chi connectivity index (χ4n) is 4.33. The first kappa shape index (κ1) is 24.3. The van der Waals surface area contributed by atoms with Gasteiger partial charge in [0.15, 0.2) is 0 Å². The van der Waals surface area contributed by atoms with Gasteiger partial charge in [-0.25, -0.2) is 4.79 Å². The lowest BCUT2D eigenvalue weighted by Crippen LogP contribution is -2.44. The molecule has 2 aromatic rings. The average molecular weight is 472 g/mol. The van der Waals surface area contributed by atoms with Crippen molar-refractivity contribution in [1.82, 2.24) is 19.0 Å². The Morgan fingerprint density at radius 3 is 2.71 bits per heavy atom. The standard InChI is InChI=1S/C25H37N5O4/c1-3-4-16-33-20-7-8-23-21(18-20)22(9-17-34-23)26-30-19-24(31)29(25(30)32)11-6-5-10-28-14-12-27(2)13-15-28/h7-8,18-19,31H,3-6,9-17H2,1-2H3/b26-22+. The SMILES string of the molecule is CCCCOc1ccc2c(c1)/C(=N/n1cc(O)n(CCCCN3CCN(C)CC3)c1=O)CCO2. The van der Waals surface area contributed by atoms with Gasteiger partial charge >= 0.3 is 5.69 Å². The van der Waals surface area contributed by atoms with Gasteiger partial charge in [-0.3, -0.25) is 4.57 Å². The van der Waals surface area contributed by atoms with Crippen LogP contribution in [0.5, 0.6) is 17.4 Å². The molecular weight excluding hydrogens is 434 g/mol. The summed E-state index contributed by atoms with van der Waals surface area (Å²) < 4.78 is 14.2. The van der Waals surface area contributed by atoms with E-state index >= 15 is 0 Å². The first-order chi connectivity index (χ1) is 16.5. The lowest BCUT2D eigenvalue weighted by atomic mass is 10.0. The highest BCUT2D eigenvalue weighted by Gasteiger charge is 2.20.